The van der Waals surface area contributed by atoms with Gasteiger partial charge < -0.3 is 9.84 Å². The van der Waals surface area contributed by atoms with Crippen LogP contribution in [-0.2, 0) is 11.3 Å². The number of carbonyl (C=O) groups is 1. The van der Waals surface area contributed by atoms with Crippen LogP contribution in [0.25, 0.3) is 10.7 Å². The lowest BCUT2D eigenvalue weighted by Crippen LogP contribution is -2.37. The largest absolute Gasteiger partial charge is 0.338 e. The highest BCUT2D eigenvalue weighted by Crippen LogP contribution is 2.27. The standard InChI is InChI=1S/C20H22N4O2S2/c1-27-16-6-3-2-5-15(16)21-20(25)14-8-10-24(11-9-14)13-18-22-19(23-26-18)17-7-4-12-28-17/h2-7,12,14H,8-11,13H2,1H3,(H,21,25). The van der Waals surface area contributed by atoms with Gasteiger partial charge in [0.1, 0.15) is 0 Å². The lowest BCUT2D eigenvalue weighted by atomic mass is 9.96. The van der Waals surface area contributed by atoms with Crippen LogP contribution in [0.3, 0.4) is 0 Å². The summed E-state index contributed by atoms with van der Waals surface area (Å²) in [5, 5.41) is 9.16. The number of likely N-dealkylation sites (tertiary alicyclic amines) is 1. The van der Waals surface area contributed by atoms with E-state index in [0.29, 0.717) is 18.3 Å². The molecule has 0 radical (unpaired) electrons. The van der Waals surface area contributed by atoms with Crippen molar-refractivity contribution < 1.29 is 9.32 Å². The molecular formula is C20H22N4O2S2. The van der Waals surface area contributed by atoms with Gasteiger partial charge in [-0.2, -0.15) is 4.98 Å². The second-order valence-electron chi connectivity index (χ2n) is 6.73. The first-order valence-electron chi connectivity index (χ1n) is 9.25. The first-order chi connectivity index (χ1) is 13.7. The minimum Gasteiger partial charge on any atom is -0.338 e. The van der Waals surface area contributed by atoms with Gasteiger partial charge in [0.15, 0.2) is 0 Å². The summed E-state index contributed by atoms with van der Waals surface area (Å²) in [6, 6.07) is 11.9. The van der Waals surface area contributed by atoms with Crippen molar-refractivity contribution in [3.05, 3.63) is 47.7 Å². The summed E-state index contributed by atoms with van der Waals surface area (Å²) >= 11 is 3.24. The van der Waals surface area contributed by atoms with E-state index in [4.69, 9.17) is 4.52 Å². The molecule has 3 heterocycles. The number of nitrogens with zero attached hydrogens (tertiary/aromatic N) is 3. The third-order valence-electron chi connectivity index (χ3n) is 4.89. The summed E-state index contributed by atoms with van der Waals surface area (Å²) < 4.78 is 5.39. The van der Waals surface area contributed by atoms with Crippen molar-refractivity contribution in [1.29, 1.82) is 0 Å². The van der Waals surface area contributed by atoms with E-state index in [1.165, 1.54) is 0 Å². The van der Waals surface area contributed by atoms with Crippen LogP contribution >= 0.6 is 23.1 Å². The predicted octanol–water partition coefficient (Wildman–Crippen LogP) is 4.37. The molecular weight excluding hydrogens is 392 g/mol. The van der Waals surface area contributed by atoms with E-state index in [2.05, 4.69) is 20.4 Å². The van der Waals surface area contributed by atoms with E-state index in [0.717, 1.165) is 41.4 Å². The molecule has 0 bridgehead atoms. The molecule has 4 rings (SSSR count). The Hall–Kier alpha value is -2.16. The monoisotopic (exact) mass is 414 g/mol. The molecule has 6 nitrogen and oxygen atoms in total. The molecule has 0 spiro atoms. The highest BCUT2D eigenvalue weighted by molar-refractivity contribution is 7.98. The molecule has 1 aliphatic rings. The highest BCUT2D eigenvalue weighted by Gasteiger charge is 2.26. The van der Waals surface area contributed by atoms with Gasteiger partial charge in [-0.05, 0) is 55.8 Å². The van der Waals surface area contributed by atoms with Gasteiger partial charge in [0.25, 0.3) is 0 Å². The molecule has 8 heteroatoms. The number of amides is 1. The van der Waals surface area contributed by atoms with Gasteiger partial charge in [-0.15, -0.1) is 23.1 Å². The molecule has 28 heavy (non-hydrogen) atoms. The van der Waals surface area contributed by atoms with E-state index in [-0.39, 0.29) is 11.8 Å². The SMILES string of the molecule is CSc1ccccc1NC(=O)C1CCN(Cc2nc(-c3cccs3)no2)CC1. The Balaban J connectivity index is 1.29. The molecule has 1 aliphatic heterocycles. The summed E-state index contributed by atoms with van der Waals surface area (Å²) in [6.45, 7) is 2.32. The second kappa shape index (κ2) is 8.89. The van der Waals surface area contributed by atoms with Crippen LogP contribution in [0.15, 0.2) is 51.2 Å². The Morgan fingerprint density at radius 1 is 1.29 bits per heavy atom. The maximum Gasteiger partial charge on any atom is 0.241 e. The van der Waals surface area contributed by atoms with Crippen LogP contribution in [0.1, 0.15) is 18.7 Å². The molecule has 1 amide bonds. The molecule has 1 aromatic carbocycles. The number of benzene rings is 1. The van der Waals surface area contributed by atoms with Crippen molar-refractivity contribution in [3.8, 4) is 10.7 Å². The zero-order valence-electron chi connectivity index (χ0n) is 15.6. The van der Waals surface area contributed by atoms with Crippen LogP contribution in [0.4, 0.5) is 5.69 Å². The number of piperidine rings is 1. The number of thiophene rings is 1. The van der Waals surface area contributed by atoms with E-state index in [9.17, 15) is 4.79 Å². The molecule has 0 atom stereocenters. The molecule has 2 aromatic heterocycles. The third-order valence-corrected chi connectivity index (χ3v) is 6.55. The maximum absolute atomic E-state index is 12.7. The van der Waals surface area contributed by atoms with Gasteiger partial charge >= 0.3 is 0 Å². The second-order valence-corrected chi connectivity index (χ2v) is 8.52. The Bertz CT molecular complexity index is 918. The van der Waals surface area contributed by atoms with E-state index < -0.39 is 0 Å². The number of thioether (sulfide) groups is 1. The molecule has 146 valence electrons. The lowest BCUT2D eigenvalue weighted by molar-refractivity contribution is -0.121. The summed E-state index contributed by atoms with van der Waals surface area (Å²) in [5.41, 5.74) is 0.898. The van der Waals surface area contributed by atoms with Crippen molar-refractivity contribution in [2.24, 2.45) is 5.92 Å². The van der Waals surface area contributed by atoms with Crippen molar-refractivity contribution in [2.75, 3.05) is 24.7 Å². The fraction of sp³-hybridized carbons (Fsp3) is 0.350. The van der Waals surface area contributed by atoms with Gasteiger partial charge in [0, 0.05) is 10.8 Å². The number of nitrogens with one attached hydrogen (secondary N) is 1. The first kappa shape index (κ1) is 19.2. The van der Waals surface area contributed by atoms with Crippen molar-refractivity contribution in [3.63, 3.8) is 0 Å². The van der Waals surface area contributed by atoms with Crippen molar-refractivity contribution >= 4 is 34.7 Å². The van der Waals surface area contributed by atoms with E-state index in [1.807, 2.05) is 48.0 Å². The van der Waals surface area contributed by atoms with Crippen molar-refractivity contribution in [1.82, 2.24) is 15.0 Å². The smallest absolute Gasteiger partial charge is 0.241 e. The van der Waals surface area contributed by atoms with Gasteiger partial charge in [0.05, 0.1) is 17.1 Å². The molecule has 1 fully saturated rings. The number of carbonyl (C=O) groups excluding carboxylic acids is 1. The van der Waals surface area contributed by atoms with Crippen LogP contribution < -0.4 is 5.32 Å². The van der Waals surface area contributed by atoms with E-state index >= 15 is 0 Å². The average molecular weight is 415 g/mol. The molecule has 1 N–H and O–H groups in total. The Kier molecular flexibility index (Phi) is 6.09. The molecule has 3 aromatic rings. The molecule has 0 saturated carbocycles. The molecule has 0 aliphatic carbocycles. The predicted molar refractivity (Wildman–Crippen MR) is 112 cm³/mol. The van der Waals surface area contributed by atoms with Gasteiger partial charge in [0.2, 0.25) is 17.6 Å². The number of hydrogen-bond acceptors (Lipinski definition) is 7. The summed E-state index contributed by atoms with van der Waals surface area (Å²) in [7, 11) is 0. The lowest BCUT2D eigenvalue weighted by Gasteiger charge is -2.30. The first-order valence-corrected chi connectivity index (χ1v) is 11.4. The minimum atomic E-state index is 0.0375. The van der Waals surface area contributed by atoms with Gasteiger partial charge in [-0.3, -0.25) is 9.69 Å². The fourth-order valence-electron chi connectivity index (χ4n) is 3.35. The Morgan fingerprint density at radius 3 is 2.86 bits per heavy atom. The third kappa shape index (κ3) is 4.45. The van der Waals surface area contributed by atoms with Gasteiger partial charge in [-0.25, -0.2) is 0 Å². The summed E-state index contributed by atoms with van der Waals surface area (Å²) in [6.07, 6.45) is 3.68. The quantitative estimate of drug-likeness (QED) is 0.604. The normalized spacial score (nSPS) is 15.6. The van der Waals surface area contributed by atoms with Crippen molar-refractivity contribution in [2.45, 2.75) is 24.3 Å². The number of aromatic nitrogens is 2. The number of rotatable bonds is 6. The van der Waals surface area contributed by atoms with Gasteiger partial charge in [-0.1, -0.05) is 23.4 Å². The zero-order valence-corrected chi connectivity index (χ0v) is 17.3. The van der Waals surface area contributed by atoms with E-state index in [1.54, 1.807) is 23.1 Å². The Labute approximate surface area is 172 Å². The number of hydrogen-bond donors (Lipinski definition) is 1. The van der Waals surface area contributed by atoms with Crippen LogP contribution in [0.2, 0.25) is 0 Å². The van der Waals surface area contributed by atoms with Crippen LogP contribution in [0.5, 0.6) is 0 Å². The Morgan fingerprint density at radius 2 is 2.11 bits per heavy atom. The summed E-state index contributed by atoms with van der Waals surface area (Å²) in [4.78, 5) is 21.5. The fourth-order valence-corrected chi connectivity index (χ4v) is 4.56. The number of para-hydroxylation sites is 1. The minimum absolute atomic E-state index is 0.0375. The summed E-state index contributed by atoms with van der Waals surface area (Å²) in [5.74, 6) is 1.42. The average Bonchev–Trinajstić information content (AvgIpc) is 3.41. The zero-order chi connectivity index (χ0) is 19.3. The number of anilines is 1. The maximum atomic E-state index is 12.7. The van der Waals surface area contributed by atoms with Crippen LogP contribution in [-0.4, -0.2) is 40.3 Å². The molecule has 1 saturated heterocycles. The molecule has 0 unspecified atom stereocenters. The highest BCUT2D eigenvalue weighted by atomic mass is 32.2. The topological polar surface area (TPSA) is 71.3 Å². The van der Waals surface area contributed by atoms with Crippen LogP contribution in [0, 0.1) is 5.92 Å².